The van der Waals surface area contributed by atoms with Crippen molar-refractivity contribution in [3.63, 3.8) is 0 Å². The summed E-state index contributed by atoms with van der Waals surface area (Å²) in [5.41, 5.74) is 3.28. The lowest BCUT2D eigenvalue weighted by atomic mass is 10.00. The molecule has 2 unspecified atom stereocenters. The minimum absolute atomic E-state index is 0.0814. The van der Waals surface area contributed by atoms with Crippen LogP contribution in [0.4, 0.5) is 0 Å². The number of ether oxygens (including phenoxy) is 4. The number of aliphatic hydroxyl groups excluding tert-OH is 3. The molecule has 1 aliphatic rings. The van der Waals surface area contributed by atoms with Crippen LogP contribution in [0.5, 0.6) is 0 Å². The summed E-state index contributed by atoms with van der Waals surface area (Å²) in [4.78, 5) is 25.4. The van der Waals surface area contributed by atoms with Gasteiger partial charge in [0.05, 0.1) is 6.61 Å². The van der Waals surface area contributed by atoms with Crippen LogP contribution in [0.15, 0.2) is 66.5 Å². The molecule has 1 heterocycles. The summed E-state index contributed by atoms with van der Waals surface area (Å²) in [5.74, 6) is -2.09. The zero-order chi connectivity index (χ0) is 46.9. The van der Waals surface area contributed by atoms with E-state index in [1.807, 2.05) is 12.2 Å². The molecule has 0 aromatic carbocycles. The maximum Gasteiger partial charge on any atom is 0.306 e. The van der Waals surface area contributed by atoms with Gasteiger partial charge in [-0.2, -0.15) is 8.42 Å². The number of carbonyl (C=O) groups is 2. The van der Waals surface area contributed by atoms with Crippen LogP contribution in [-0.4, -0.2) is 96.0 Å². The van der Waals surface area contributed by atoms with Crippen molar-refractivity contribution in [3.8, 4) is 0 Å². The van der Waals surface area contributed by atoms with Gasteiger partial charge in [0.2, 0.25) is 0 Å². The Morgan fingerprint density at radius 3 is 1.59 bits per heavy atom. The van der Waals surface area contributed by atoms with Crippen LogP contribution in [0, 0.1) is 0 Å². The average molecular weight is 923 g/mol. The fourth-order valence-corrected chi connectivity index (χ4v) is 7.69. The number of hydrogen-bond donors (Lipinski definition) is 4. The molecule has 0 amide bonds. The fourth-order valence-electron chi connectivity index (χ4n) is 7.00. The first-order valence-corrected chi connectivity index (χ1v) is 26.2. The van der Waals surface area contributed by atoms with Gasteiger partial charge in [0.25, 0.3) is 10.1 Å². The second kappa shape index (κ2) is 40.4. The van der Waals surface area contributed by atoms with Crippen molar-refractivity contribution in [3.05, 3.63) is 66.5 Å². The maximum absolute atomic E-state index is 12.8. The number of hydrogen-bond acceptors (Lipinski definition) is 11. The minimum Gasteiger partial charge on any atom is -0.462 e. The minimum atomic E-state index is -4.62. The van der Waals surface area contributed by atoms with Gasteiger partial charge in [0, 0.05) is 12.8 Å². The Kier molecular flexibility index (Phi) is 37.3. The molecule has 1 rings (SSSR count). The lowest BCUT2D eigenvalue weighted by Gasteiger charge is -2.40. The van der Waals surface area contributed by atoms with Gasteiger partial charge in [-0.3, -0.25) is 14.1 Å². The molecule has 368 valence electrons. The second-order valence-electron chi connectivity index (χ2n) is 16.9. The van der Waals surface area contributed by atoms with Gasteiger partial charge in [0.15, 0.2) is 12.4 Å². The number of aliphatic hydroxyl groups is 3. The molecule has 0 aliphatic carbocycles. The molecule has 1 fully saturated rings. The van der Waals surface area contributed by atoms with Crippen molar-refractivity contribution in [1.29, 1.82) is 0 Å². The highest BCUT2D eigenvalue weighted by atomic mass is 32.2. The van der Waals surface area contributed by atoms with Crippen molar-refractivity contribution in [2.45, 2.75) is 224 Å². The molecule has 0 saturated carbocycles. The molecule has 0 spiro atoms. The van der Waals surface area contributed by atoms with E-state index in [4.69, 9.17) is 18.9 Å². The quantitative estimate of drug-likeness (QED) is 0.0150. The number of carbonyl (C=O) groups excluding carboxylic acids is 2. The van der Waals surface area contributed by atoms with E-state index in [0.717, 1.165) is 64.2 Å². The van der Waals surface area contributed by atoms with Gasteiger partial charge >= 0.3 is 11.9 Å². The molecule has 1 aliphatic heterocycles. The van der Waals surface area contributed by atoms with E-state index >= 15 is 0 Å². The molecule has 0 radical (unpaired) electrons. The van der Waals surface area contributed by atoms with Gasteiger partial charge < -0.3 is 34.3 Å². The highest BCUT2D eigenvalue weighted by Crippen LogP contribution is 2.24. The summed E-state index contributed by atoms with van der Waals surface area (Å²) in [6.45, 7) is 3.68. The average Bonchev–Trinajstić information content (AvgIpc) is 3.26. The number of unbranched alkanes of at least 4 members (excludes halogenated alkanes) is 18. The molecule has 0 bridgehead atoms. The summed E-state index contributed by atoms with van der Waals surface area (Å²) >= 11 is 0. The van der Waals surface area contributed by atoms with E-state index in [1.54, 1.807) is 0 Å². The molecule has 0 aromatic heterocycles. The molecule has 12 nitrogen and oxygen atoms in total. The molecule has 0 aromatic rings. The molecular weight excluding hydrogens is 837 g/mol. The zero-order valence-corrected chi connectivity index (χ0v) is 40.2. The molecular formula is C51H86O12S. The Morgan fingerprint density at radius 2 is 1.05 bits per heavy atom. The summed E-state index contributed by atoms with van der Waals surface area (Å²) in [6.07, 6.45) is 39.1. The standard InChI is InChI=1S/C51H86O12S/c1-3-5-7-9-11-13-15-17-19-20-21-22-23-24-26-28-30-32-34-36-38-40-47(53)62-44(42-61-51-50(56)49(55)48(54)45(63-51)43-64(57,58)59)41-60-46(52)39-37-35-33-31-29-27-25-18-16-14-12-10-8-6-4-2/h16,19-20,22-23,25-26,28,32,34,44-45,48-51,54-56H,3-15,17,21,24,27,29-31,33,35-43H2,1-2H3,(H,57,58,59)/b20-19+,23-22+,28-26+,34-32+/t18?,44-,45-,48-,49?,50?,51+/m1/s1. The summed E-state index contributed by atoms with van der Waals surface area (Å²) in [5, 5.41) is 30.9. The van der Waals surface area contributed by atoms with E-state index in [2.05, 4.69) is 68.2 Å². The fraction of sp³-hybridized carbons (Fsp3) is 0.745. The highest BCUT2D eigenvalue weighted by Gasteiger charge is 2.46. The van der Waals surface area contributed by atoms with Crippen LogP contribution in [0.3, 0.4) is 0 Å². The van der Waals surface area contributed by atoms with Crippen LogP contribution < -0.4 is 0 Å². The largest absolute Gasteiger partial charge is 0.462 e. The number of allylic oxidation sites excluding steroid dienone is 9. The first-order valence-electron chi connectivity index (χ1n) is 24.6. The summed E-state index contributed by atoms with van der Waals surface area (Å²) in [6, 6.07) is 0. The topological polar surface area (TPSA) is 186 Å². The first-order chi connectivity index (χ1) is 31.0. The number of esters is 2. The SMILES string of the molecule is CCCCCCCC=C=CCCCCCCCC(=O)OC[C@H](CO[C@H]1O[C@H](CS(=O)(=O)O)[C@@H](O)C(O)C1O)OC(=O)CCC/C=C/C/C=C/C/C=C/C/C=C/CCCCCCCCC. The maximum atomic E-state index is 12.8. The van der Waals surface area contributed by atoms with Gasteiger partial charge in [-0.1, -0.05) is 146 Å². The monoisotopic (exact) mass is 923 g/mol. The Balaban J connectivity index is 2.47. The van der Waals surface area contributed by atoms with Crippen molar-refractivity contribution >= 4 is 22.1 Å². The molecule has 6 atom stereocenters. The summed E-state index contributed by atoms with van der Waals surface area (Å²) < 4.78 is 54.1. The van der Waals surface area contributed by atoms with Crippen molar-refractivity contribution in [2.75, 3.05) is 19.0 Å². The third-order valence-electron chi connectivity index (χ3n) is 10.8. The zero-order valence-electron chi connectivity index (χ0n) is 39.4. The molecule has 64 heavy (non-hydrogen) atoms. The smallest absolute Gasteiger partial charge is 0.306 e. The highest BCUT2D eigenvalue weighted by molar-refractivity contribution is 7.85. The van der Waals surface area contributed by atoms with E-state index in [0.29, 0.717) is 19.3 Å². The van der Waals surface area contributed by atoms with Crippen LogP contribution in [-0.2, 0) is 38.7 Å². The van der Waals surface area contributed by atoms with E-state index in [9.17, 15) is 37.9 Å². The number of rotatable bonds is 40. The Morgan fingerprint density at radius 1 is 0.578 bits per heavy atom. The predicted molar refractivity (Wildman–Crippen MR) is 255 cm³/mol. The van der Waals surface area contributed by atoms with E-state index in [1.165, 1.54) is 77.0 Å². The molecule has 1 saturated heterocycles. The third-order valence-corrected chi connectivity index (χ3v) is 11.6. The van der Waals surface area contributed by atoms with Crippen LogP contribution >= 0.6 is 0 Å². The van der Waals surface area contributed by atoms with Crippen LogP contribution in [0.1, 0.15) is 187 Å². The lowest BCUT2D eigenvalue weighted by Crippen LogP contribution is -2.60. The predicted octanol–water partition coefficient (Wildman–Crippen LogP) is 10.7. The Bertz CT molecular complexity index is 1470. The normalized spacial score (nSPS) is 19.8. The van der Waals surface area contributed by atoms with E-state index in [-0.39, 0.29) is 19.4 Å². The molecule has 13 heteroatoms. The van der Waals surface area contributed by atoms with Crippen LogP contribution in [0.2, 0.25) is 0 Å². The van der Waals surface area contributed by atoms with Crippen molar-refractivity contribution in [1.82, 2.24) is 0 Å². The summed E-state index contributed by atoms with van der Waals surface area (Å²) in [7, 11) is -4.62. The van der Waals surface area contributed by atoms with E-state index < -0.39 is 71.2 Å². The Labute approximate surface area is 387 Å². The molecule has 4 N–H and O–H groups in total. The first kappa shape index (κ1) is 59.1. The van der Waals surface area contributed by atoms with Gasteiger partial charge in [-0.15, -0.1) is 5.73 Å². The van der Waals surface area contributed by atoms with Crippen molar-refractivity contribution in [2.24, 2.45) is 0 Å². The van der Waals surface area contributed by atoms with Gasteiger partial charge in [-0.05, 0) is 89.2 Å². The van der Waals surface area contributed by atoms with Crippen molar-refractivity contribution < 1.29 is 56.8 Å². The van der Waals surface area contributed by atoms with Gasteiger partial charge in [0.1, 0.15) is 36.8 Å². The second-order valence-corrected chi connectivity index (χ2v) is 18.4. The third kappa shape index (κ3) is 34.5. The Hall–Kier alpha value is -2.87. The van der Waals surface area contributed by atoms with Gasteiger partial charge in [-0.25, -0.2) is 0 Å². The van der Waals surface area contributed by atoms with Crippen LogP contribution in [0.25, 0.3) is 0 Å². The lowest BCUT2D eigenvalue weighted by molar-refractivity contribution is -0.297.